The van der Waals surface area contributed by atoms with Gasteiger partial charge in [0.2, 0.25) is 5.91 Å². The molecule has 2 rings (SSSR count). The second-order valence-electron chi connectivity index (χ2n) is 5.89. The molecule has 1 heterocycles. The molecule has 1 aliphatic carbocycles. The molecule has 0 aromatic carbocycles. The average Bonchev–Trinajstić information content (AvgIpc) is 3.22. The fraction of sp³-hybridized carbons (Fsp3) is 0.733. The zero-order valence-corrected chi connectivity index (χ0v) is 14.6. The van der Waals surface area contributed by atoms with Crippen molar-refractivity contribution in [1.82, 2.24) is 15.1 Å². The smallest absolute Gasteiger partial charge is 0.354 e. The maximum atomic E-state index is 13.0. The SMILES string of the molecule is CCCCCCNC(=O)Cn1nc(C(F)(F)F)c(Br)c1C1CC1. The van der Waals surface area contributed by atoms with Gasteiger partial charge in [0.05, 0.1) is 10.2 Å². The highest BCUT2D eigenvalue weighted by Gasteiger charge is 2.41. The maximum Gasteiger partial charge on any atom is 0.436 e. The highest BCUT2D eigenvalue weighted by atomic mass is 79.9. The number of halogens is 4. The van der Waals surface area contributed by atoms with Crippen molar-refractivity contribution in [3.05, 3.63) is 15.9 Å². The number of nitrogens with zero attached hydrogens (tertiary/aromatic N) is 2. The van der Waals surface area contributed by atoms with Crippen LogP contribution in [0.1, 0.15) is 62.8 Å². The molecule has 0 spiro atoms. The van der Waals surface area contributed by atoms with Crippen LogP contribution in [-0.2, 0) is 17.5 Å². The van der Waals surface area contributed by atoms with Crippen LogP contribution >= 0.6 is 15.9 Å². The van der Waals surface area contributed by atoms with Crippen molar-refractivity contribution in [2.45, 2.75) is 64.1 Å². The summed E-state index contributed by atoms with van der Waals surface area (Å²) < 4.78 is 40.1. The van der Waals surface area contributed by atoms with E-state index in [1.54, 1.807) is 0 Å². The molecule has 130 valence electrons. The fourth-order valence-electron chi connectivity index (χ4n) is 2.47. The summed E-state index contributed by atoms with van der Waals surface area (Å²) in [6.07, 6.45) is 1.29. The van der Waals surface area contributed by atoms with Gasteiger partial charge in [-0.3, -0.25) is 9.48 Å². The van der Waals surface area contributed by atoms with Gasteiger partial charge in [0.15, 0.2) is 5.69 Å². The summed E-state index contributed by atoms with van der Waals surface area (Å²) in [4.78, 5) is 11.9. The van der Waals surface area contributed by atoms with E-state index < -0.39 is 11.9 Å². The third-order valence-corrected chi connectivity index (χ3v) is 4.59. The first-order valence-corrected chi connectivity index (χ1v) is 8.74. The monoisotopic (exact) mass is 395 g/mol. The zero-order chi connectivity index (χ0) is 17.0. The molecular weight excluding hydrogens is 375 g/mol. The molecule has 23 heavy (non-hydrogen) atoms. The highest BCUT2D eigenvalue weighted by Crippen LogP contribution is 2.46. The van der Waals surface area contributed by atoms with Crippen LogP contribution in [0, 0.1) is 0 Å². The van der Waals surface area contributed by atoms with Crippen LogP contribution in [0.15, 0.2) is 4.47 Å². The molecule has 0 bridgehead atoms. The van der Waals surface area contributed by atoms with E-state index in [1.807, 2.05) is 0 Å². The van der Waals surface area contributed by atoms with Gasteiger partial charge in [0.1, 0.15) is 6.54 Å². The third-order valence-electron chi connectivity index (χ3n) is 3.81. The van der Waals surface area contributed by atoms with Crippen LogP contribution in [0.25, 0.3) is 0 Å². The van der Waals surface area contributed by atoms with Crippen molar-refractivity contribution in [3.63, 3.8) is 0 Å². The van der Waals surface area contributed by atoms with Gasteiger partial charge in [-0.05, 0) is 35.2 Å². The topological polar surface area (TPSA) is 46.9 Å². The normalized spacial score (nSPS) is 15.0. The molecule has 1 aromatic heterocycles. The van der Waals surface area contributed by atoms with E-state index in [9.17, 15) is 18.0 Å². The molecule has 0 saturated heterocycles. The van der Waals surface area contributed by atoms with Crippen LogP contribution in [0.5, 0.6) is 0 Å². The van der Waals surface area contributed by atoms with Gasteiger partial charge >= 0.3 is 6.18 Å². The number of carbonyl (C=O) groups excluding carboxylic acids is 1. The van der Waals surface area contributed by atoms with Crippen molar-refractivity contribution in [1.29, 1.82) is 0 Å². The summed E-state index contributed by atoms with van der Waals surface area (Å²) in [5.41, 5.74) is -0.464. The number of carbonyl (C=O) groups is 1. The molecule has 4 nitrogen and oxygen atoms in total. The Morgan fingerprint density at radius 3 is 2.61 bits per heavy atom. The summed E-state index contributed by atoms with van der Waals surface area (Å²) >= 11 is 3.01. The lowest BCUT2D eigenvalue weighted by molar-refractivity contribution is -0.142. The lowest BCUT2D eigenvalue weighted by atomic mass is 10.2. The summed E-state index contributed by atoms with van der Waals surface area (Å²) in [5, 5.41) is 6.37. The maximum absolute atomic E-state index is 13.0. The molecule has 1 saturated carbocycles. The Kier molecular flexibility index (Phi) is 6.11. The zero-order valence-electron chi connectivity index (χ0n) is 13.0. The standard InChI is InChI=1S/C15H21BrF3N3O/c1-2-3-4-5-8-20-11(23)9-22-13(10-6-7-10)12(16)14(21-22)15(17,18)19/h10H,2-9H2,1H3,(H,20,23). The first kappa shape index (κ1) is 18.3. The molecule has 0 unspecified atom stereocenters. The number of unbranched alkanes of at least 4 members (excludes halogenated alkanes) is 3. The lowest BCUT2D eigenvalue weighted by Crippen LogP contribution is -2.29. The van der Waals surface area contributed by atoms with Gasteiger partial charge in [-0.1, -0.05) is 26.2 Å². The van der Waals surface area contributed by atoms with Crippen LogP contribution in [0.2, 0.25) is 0 Å². The number of aromatic nitrogens is 2. The van der Waals surface area contributed by atoms with Crippen LogP contribution in [0.4, 0.5) is 13.2 Å². The van der Waals surface area contributed by atoms with Crippen molar-refractivity contribution in [2.75, 3.05) is 6.54 Å². The van der Waals surface area contributed by atoms with Crippen LogP contribution in [0.3, 0.4) is 0 Å². The van der Waals surface area contributed by atoms with Gasteiger partial charge in [-0.2, -0.15) is 18.3 Å². The van der Waals surface area contributed by atoms with E-state index in [1.165, 1.54) is 4.68 Å². The molecule has 1 aromatic rings. The van der Waals surface area contributed by atoms with E-state index in [2.05, 4.69) is 33.3 Å². The Morgan fingerprint density at radius 1 is 1.35 bits per heavy atom. The van der Waals surface area contributed by atoms with Gasteiger partial charge in [-0.15, -0.1) is 0 Å². The minimum atomic E-state index is -4.52. The summed E-state index contributed by atoms with van der Waals surface area (Å²) in [6, 6.07) is 0. The number of amides is 1. The van der Waals surface area contributed by atoms with E-state index in [0.717, 1.165) is 38.5 Å². The second-order valence-corrected chi connectivity index (χ2v) is 6.68. The average molecular weight is 396 g/mol. The number of alkyl halides is 3. The van der Waals surface area contributed by atoms with Crippen LogP contribution < -0.4 is 5.32 Å². The van der Waals surface area contributed by atoms with Gasteiger partial charge < -0.3 is 5.32 Å². The van der Waals surface area contributed by atoms with Crippen molar-refractivity contribution < 1.29 is 18.0 Å². The number of rotatable bonds is 8. The molecule has 8 heteroatoms. The molecular formula is C15H21BrF3N3O. The first-order chi connectivity index (χ1) is 10.8. The first-order valence-electron chi connectivity index (χ1n) is 7.94. The summed E-state index contributed by atoms with van der Waals surface area (Å²) in [5.74, 6) is -0.238. The Bertz CT molecular complexity index is 553. The predicted molar refractivity (Wildman–Crippen MR) is 84.1 cm³/mol. The van der Waals surface area contributed by atoms with Gasteiger partial charge in [0.25, 0.3) is 0 Å². The van der Waals surface area contributed by atoms with Crippen molar-refractivity contribution in [2.24, 2.45) is 0 Å². The van der Waals surface area contributed by atoms with Gasteiger partial charge in [0, 0.05) is 12.5 Å². The Balaban J connectivity index is 2.00. The largest absolute Gasteiger partial charge is 0.436 e. The number of hydrogen-bond acceptors (Lipinski definition) is 2. The van der Waals surface area contributed by atoms with Crippen LogP contribution in [-0.4, -0.2) is 22.2 Å². The Morgan fingerprint density at radius 2 is 2.04 bits per heavy atom. The lowest BCUT2D eigenvalue weighted by Gasteiger charge is -2.08. The Hall–Kier alpha value is -1.05. The fourth-order valence-corrected chi connectivity index (χ4v) is 3.31. The van der Waals surface area contributed by atoms with Crippen molar-refractivity contribution >= 4 is 21.8 Å². The second kappa shape index (κ2) is 7.68. The van der Waals surface area contributed by atoms with Crippen molar-refractivity contribution in [3.8, 4) is 0 Å². The number of nitrogens with one attached hydrogen (secondary N) is 1. The van der Waals surface area contributed by atoms with E-state index >= 15 is 0 Å². The van der Waals surface area contributed by atoms with Gasteiger partial charge in [-0.25, -0.2) is 0 Å². The molecule has 1 aliphatic rings. The molecule has 1 amide bonds. The summed E-state index contributed by atoms with van der Waals surface area (Å²) in [6.45, 7) is 2.48. The molecule has 0 aliphatic heterocycles. The van der Waals surface area contributed by atoms with E-state index in [0.29, 0.717) is 12.2 Å². The molecule has 1 N–H and O–H groups in total. The Labute approximate surface area is 141 Å². The highest BCUT2D eigenvalue weighted by molar-refractivity contribution is 9.10. The minimum absolute atomic E-state index is 0.0248. The number of hydrogen-bond donors (Lipinski definition) is 1. The predicted octanol–water partition coefficient (Wildman–Crippen LogP) is 4.24. The van der Waals surface area contributed by atoms with E-state index in [4.69, 9.17) is 0 Å². The molecule has 0 radical (unpaired) electrons. The molecule has 0 atom stereocenters. The quantitative estimate of drug-likeness (QED) is 0.669. The third kappa shape index (κ3) is 4.96. The minimum Gasteiger partial charge on any atom is -0.354 e. The van der Waals surface area contributed by atoms with E-state index in [-0.39, 0.29) is 22.8 Å². The summed E-state index contributed by atoms with van der Waals surface area (Å²) in [7, 11) is 0. The molecule has 1 fully saturated rings.